The van der Waals surface area contributed by atoms with E-state index in [1.807, 2.05) is 11.4 Å². The molecule has 1 heterocycles. The fourth-order valence-corrected chi connectivity index (χ4v) is 4.28. The van der Waals surface area contributed by atoms with Gasteiger partial charge in [-0.3, -0.25) is 19.2 Å². The molecule has 0 aromatic heterocycles. The molecular weight excluding hydrogens is 512 g/mol. The molecule has 0 spiro atoms. The van der Waals surface area contributed by atoms with E-state index in [0.717, 1.165) is 11.1 Å². The van der Waals surface area contributed by atoms with Crippen LogP contribution in [0, 0.1) is 0 Å². The van der Waals surface area contributed by atoms with Gasteiger partial charge in [0.25, 0.3) is 0 Å². The van der Waals surface area contributed by atoms with Gasteiger partial charge in [-0.1, -0.05) is 36.4 Å². The average molecular weight is 543 g/mol. The van der Waals surface area contributed by atoms with Crippen molar-refractivity contribution in [1.82, 2.24) is 15.5 Å². The van der Waals surface area contributed by atoms with E-state index in [2.05, 4.69) is 5.32 Å². The Morgan fingerprint density at radius 2 is 1.59 bits per heavy atom. The van der Waals surface area contributed by atoms with Gasteiger partial charge in [0.1, 0.15) is 23.9 Å². The molecular formula is C26H30N4O9. The van der Waals surface area contributed by atoms with Crippen LogP contribution in [0.1, 0.15) is 23.1 Å². The maximum absolute atomic E-state index is 13.4. The van der Waals surface area contributed by atoms with E-state index in [9.17, 15) is 39.3 Å². The van der Waals surface area contributed by atoms with Gasteiger partial charge in [-0.05, 0) is 35.2 Å². The molecule has 2 aromatic rings. The van der Waals surface area contributed by atoms with Crippen molar-refractivity contribution in [3.8, 4) is 5.75 Å². The predicted molar refractivity (Wildman–Crippen MR) is 135 cm³/mol. The number of hydrogen-bond donors (Lipinski definition) is 7. The molecule has 1 aliphatic heterocycles. The van der Waals surface area contributed by atoms with Crippen LogP contribution in [0.2, 0.25) is 0 Å². The van der Waals surface area contributed by atoms with Crippen molar-refractivity contribution in [2.24, 2.45) is 5.73 Å². The number of rotatable bonds is 11. The number of carboxylic acids is 2. The number of aliphatic carboxylic acids is 2. The molecule has 3 amide bonds. The lowest BCUT2D eigenvalue weighted by Gasteiger charge is -2.38. The van der Waals surface area contributed by atoms with Crippen LogP contribution >= 0.6 is 0 Å². The summed E-state index contributed by atoms with van der Waals surface area (Å²) >= 11 is 0. The molecule has 0 fully saturated rings. The number of hydrogen-bond acceptors (Lipinski definition) is 8. The van der Waals surface area contributed by atoms with Crippen LogP contribution in [0.5, 0.6) is 5.75 Å². The SMILES string of the molecule is N[C@@H](Cc1ccc(O)cc1)C(=O)N1Cc2ccccc2C[C@H]1C(=O)N[C@@H](CO)C(=O)N[C@@H](CC(=O)O)C(=O)O. The molecule has 3 rings (SSSR count). The normalized spacial score (nSPS) is 16.8. The lowest BCUT2D eigenvalue weighted by molar-refractivity contribution is -0.148. The number of aliphatic hydroxyl groups excluding tert-OH is 1. The van der Waals surface area contributed by atoms with Gasteiger partial charge >= 0.3 is 11.9 Å². The Balaban J connectivity index is 1.79. The molecule has 13 nitrogen and oxygen atoms in total. The van der Waals surface area contributed by atoms with E-state index < -0.39 is 66.9 Å². The molecule has 4 atom stereocenters. The lowest BCUT2D eigenvalue weighted by Crippen LogP contribution is -2.60. The summed E-state index contributed by atoms with van der Waals surface area (Å²) in [6.07, 6.45) is -0.683. The van der Waals surface area contributed by atoms with Crippen molar-refractivity contribution < 1.29 is 44.4 Å². The smallest absolute Gasteiger partial charge is 0.326 e. The third kappa shape index (κ3) is 7.52. The number of nitrogens with zero attached hydrogens (tertiary/aromatic N) is 1. The highest BCUT2D eigenvalue weighted by molar-refractivity contribution is 5.95. The largest absolute Gasteiger partial charge is 0.508 e. The Labute approximate surface area is 223 Å². The van der Waals surface area contributed by atoms with E-state index >= 15 is 0 Å². The summed E-state index contributed by atoms with van der Waals surface area (Å²) in [7, 11) is 0. The summed E-state index contributed by atoms with van der Waals surface area (Å²) in [5.41, 5.74) is 8.50. The summed E-state index contributed by atoms with van der Waals surface area (Å²) in [4.78, 5) is 62.8. The molecule has 0 radical (unpaired) electrons. The highest BCUT2D eigenvalue weighted by Crippen LogP contribution is 2.25. The van der Waals surface area contributed by atoms with Crippen LogP contribution in [0.25, 0.3) is 0 Å². The van der Waals surface area contributed by atoms with Crippen LogP contribution in [0.15, 0.2) is 48.5 Å². The summed E-state index contributed by atoms with van der Waals surface area (Å²) in [5.74, 6) is -5.42. The third-order valence-electron chi connectivity index (χ3n) is 6.35. The van der Waals surface area contributed by atoms with Crippen LogP contribution in [-0.2, 0) is 43.4 Å². The van der Waals surface area contributed by atoms with Crippen molar-refractivity contribution in [3.63, 3.8) is 0 Å². The molecule has 0 aliphatic carbocycles. The van der Waals surface area contributed by atoms with Crippen molar-refractivity contribution in [2.75, 3.05) is 6.61 Å². The molecule has 0 saturated carbocycles. The summed E-state index contributed by atoms with van der Waals surface area (Å²) < 4.78 is 0. The van der Waals surface area contributed by atoms with Gasteiger partial charge in [0.15, 0.2) is 0 Å². The van der Waals surface area contributed by atoms with Crippen LogP contribution in [-0.4, -0.2) is 85.8 Å². The van der Waals surface area contributed by atoms with Gasteiger partial charge in [-0.2, -0.15) is 0 Å². The number of carbonyl (C=O) groups excluding carboxylic acids is 3. The van der Waals surface area contributed by atoms with Crippen molar-refractivity contribution in [2.45, 2.75) is 50.0 Å². The first-order valence-corrected chi connectivity index (χ1v) is 12.1. The second-order valence-electron chi connectivity index (χ2n) is 9.17. The standard InChI is InChI=1S/C26H30N4O9/c27-18(9-14-5-7-17(32)8-6-14)25(37)30-12-16-4-2-1-3-15(16)10-21(30)24(36)29-20(13-31)23(35)28-19(26(38)39)11-22(33)34/h1-8,18-21,31-32H,9-13,27H2,(H,28,35)(H,29,36)(H,33,34)(H,38,39)/t18-,19-,20-,21-/m0/s1. The number of phenolic OH excluding ortho intramolecular Hbond substituents is 1. The molecule has 208 valence electrons. The first-order chi connectivity index (χ1) is 18.5. The number of amides is 3. The van der Waals surface area contributed by atoms with E-state index in [-0.39, 0.29) is 25.1 Å². The van der Waals surface area contributed by atoms with Gasteiger partial charge < -0.3 is 41.7 Å². The minimum absolute atomic E-state index is 0.0585. The minimum Gasteiger partial charge on any atom is -0.508 e. The topological polar surface area (TPSA) is 220 Å². The third-order valence-corrected chi connectivity index (χ3v) is 6.35. The minimum atomic E-state index is -1.78. The summed E-state index contributed by atoms with van der Waals surface area (Å²) in [5, 5.41) is 41.6. The molecule has 8 N–H and O–H groups in total. The maximum Gasteiger partial charge on any atom is 0.326 e. The van der Waals surface area contributed by atoms with Crippen molar-refractivity contribution in [3.05, 3.63) is 65.2 Å². The van der Waals surface area contributed by atoms with Gasteiger partial charge in [0.05, 0.1) is 19.1 Å². The lowest BCUT2D eigenvalue weighted by atomic mass is 9.92. The molecule has 13 heteroatoms. The second kappa shape index (κ2) is 12.8. The Kier molecular flexibility index (Phi) is 9.57. The highest BCUT2D eigenvalue weighted by Gasteiger charge is 2.38. The molecule has 0 bridgehead atoms. The number of aliphatic hydroxyl groups is 1. The highest BCUT2D eigenvalue weighted by atomic mass is 16.4. The maximum atomic E-state index is 13.4. The Hall–Kier alpha value is -4.49. The zero-order chi connectivity index (χ0) is 28.7. The average Bonchev–Trinajstić information content (AvgIpc) is 2.90. The number of carboxylic acid groups (broad SMARTS) is 2. The molecule has 39 heavy (non-hydrogen) atoms. The monoisotopic (exact) mass is 542 g/mol. The number of benzene rings is 2. The van der Waals surface area contributed by atoms with Gasteiger partial charge in [-0.25, -0.2) is 4.79 Å². The first kappa shape index (κ1) is 29.1. The van der Waals surface area contributed by atoms with Crippen LogP contribution in [0.4, 0.5) is 0 Å². The van der Waals surface area contributed by atoms with Crippen molar-refractivity contribution >= 4 is 29.7 Å². The summed E-state index contributed by atoms with van der Waals surface area (Å²) in [6, 6.07) is 7.84. The number of phenols is 1. The number of aromatic hydroxyl groups is 1. The van der Waals surface area contributed by atoms with Crippen LogP contribution < -0.4 is 16.4 Å². The van der Waals surface area contributed by atoms with Crippen molar-refractivity contribution in [1.29, 1.82) is 0 Å². The van der Waals surface area contributed by atoms with E-state index in [1.54, 1.807) is 30.3 Å². The fourth-order valence-electron chi connectivity index (χ4n) is 4.28. The fraction of sp³-hybridized carbons (Fsp3) is 0.346. The Bertz CT molecular complexity index is 1230. The van der Waals surface area contributed by atoms with E-state index in [1.165, 1.54) is 17.0 Å². The predicted octanol–water partition coefficient (Wildman–Crippen LogP) is -1.26. The Morgan fingerprint density at radius 1 is 0.949 bits per heavy atom. The molecule has 1 aliphatic rings. The molecule has 2 aromatic carbocycles. The molecule has 0 saturated heterocycles. The van der Waals surface area contributed by atoms with Gasteiger partial charge in [-0.15, -0.1) is 0 Å². The summed E-state index contributed by atoms with van der Waals surface area (Å²) in [6.45, 7) is -0.847. The Morgan fingerprint density at radius 3 is 2.18 bits per heavy atom. The van der Waals surface area contributed by atoms with E-state index in [4.69, 9.17) is 10.8 Å². The number of carbonyl (C=O) groups is 5. The number of fused-ring (bicyclic) bond motifs is 1. The van der Waals surface area contributed by atoms with Crippen LogP contribution in [0.3, 0.4) is 0 Å². The quantitative estimate of drug-likeness (QED) is 0.179. The zero-order valence-corrected chi connectivity index (χ0v) is 20.8. The first-order valence-electron chi connectivity index (χ1n) is 12.1. The molecule has 0 unspecified atom stereocenters. The van der Waals surface area contributed by atoms with E-state index in [0.29, 0.717) is 5.56 Å². The second-order valence-corrected chi connectivity index (χ2v) is 9.17. The number of nitrogens with one attached hydrogen (secondary N) is 2. The zero-order valence-electron chi connectivity index (χ0n) is 20.8. The number of nitrogens with two attached hydrogens (primary N) is 1. The van der Waals surface area contributed by atoms with Gasteiger partial charge in [0, 0.05) is 13.0 Å². The van der Waals surface area contributed by atoms with Gasteiger partial charge in [0.2, 0.25) is 17.7 Å².